The summed E-state index contributed by atoms with van der Waals surface area (Å²) in [6.45, 7) is 2.97. The minimum atomic E-state index is -3.97. The first kappa shape index (κ1) is 19.8. The van der Waals surface area contributed by atoms with E-state index in [-0.39, 0.29) is 28.5 Å². The summed E-state index contributed by atoms with van der Waals surface area (Å²) in [5.74, 6) is -1.11. The van der Waals surface area contributed by atoms with E-state index in [0.29, 0.717) is 6.42 Å². The second-order valence-electron chi connectivity index (χ2n) is 5.97. The molecule has 7 nitrogen and oxygen atoms in total. The molecular formula is C15H21FN2O5S2. The molecule has 140 valence electrons. The molecule has 25 heavy (non-hydrogen) atoms. The Hall–Kier alpha value is -1.52. The maximum Gasteiger partial charge on any atom is 0.241 e. The lowest BCUT2D eigenvalue weighted by molar-refractivity contribution is -0.131. The van der Waals surface area contributed by atoms with Gasteiger partial charge in [0.05, 0.1) is 22.9 Å². The molecule has 1 atom stereocenters. The van der Waals surface area contributed by atoms with Crippen LogP contribution >= 0.6 is 0 Å². The van der Waals surface area contributed by atoms with E-state index in [2.05, 4.69) is 4.72 Å². The average molecular weight is 392 g/mol. The van der Waals surface area contributed by atoms with Gasteiger partial charge in [-0.15, -0.1) is 0 Å². The van der Waals surface area contributed by atoms with Gasteiger partial charge in [0.2, 0.25) is 15.9 Å². The zero-order chi connectivity index (χ0) is 18.8. The molecule has 1 unspecified atom stereocenters. The van der Waals surface area contributed by atoms with Crippen LogP contribution in [0, 0.1) is 12.7 Å². The number of sulfonamides is 1. The van der Waals surface area contributed by atoms with E-state index in [1.165, 1.54) is 11.8 Å². The van der Waals surface area contributed by atoms with Crippen molar-refractivity contribution in [1.29, 1.82) is 0 Å². The van der Waals surface area contributed by atoms with Gasteiger partial charge < -0.3 is 4.90 Å². The van der Waals surface area contributed by atoms with E-state index in [0.717, 1.165) is 18.2 Å². The Balaban J connectivity index is 2.07. The zero-order valence-electron chi connectivity index (χ0n) is 14.0. The number of aryl methyl sites for hydroxylation is 1. The van der Waals surface area contributed by atoms with Gasteiger partial charge in [-0.1, -0.05) is 0 Å². The van der Waals surface area contributed by atoms with Crippen LogP contribution in [0.25, 0.3) is 0 Å². The number of carbonyl (C=O) groups excluding carboxylic acids is 1. The maximum atomic E-state index is 13.1. The molecule has 1 aliphatic rings. The standard InChI is InChI=1S/C15H21FN2O5S2/c1-3-18(13-6-7-24(20,21)10-13)15(19)9-17-25(22,23)14-5-4-12(16)8-11(14)2/h4-5,8,13,17H,3,6-7,9-10H2,1-2H3. The Morgan fingerprint density at radius 1 is 1.40 bits per heavy atom. The smallest absolute Gasteiger partial charge is 0.241 e. The second kappa shape index (κ2) is 7.38. The quantitative estimate of drug-likeness (QED) is 0.757. The third kappa shape index (κ3) is 4.77. The number of sulfone groups is 1. The summed E-state index contributed by atoms with van der Waals surface area (Å²) < 4.78 is 63.1. The molecule has 1 aliphatic heterocycles. The van der Waals surface area contributed by atoms with E-state index in [9.17, 15) is 26.0 Å². The molecule has 10 heteroatoms. The fourth-order valence-electron chi connectivity index (χ4n) is 2.91. The molecule has 1 fully saturated rings. The van der Waals surface area contributed by atoms with Crippen molar-refractivity contribution in [3.05, 3.63) is 29.6 Å². The summed E-state index contributed by atoms with van der Waals surface area (Å²) in [6, 6.07) is 2.83. The van der Waals surface area contributed by atoms with E-state index >= 15 is 0 Å². The van der Waals surface area contributed by atoms with Crippen LogP contribution < -0.4 is 4.72 Å². The summed E-state index contributed by atoms with van der Waals surface area (Å²) in [7, 11) is -7.12. The fraction of sp³-hybridized carbons (Fsp3) is 0.533. The minimum Gasteiger partial charge on any atom is -0.338 e. The monoisotopic (exact) mass is 392 g/mol. The van der Waals surface area contributed by atoms with Crippen molar-refractivity contribution in [1.82, 2.24) is 9.62 Å². The number of hydrogen-bond acceptors (Lipinski definition) is 5. The molecule has 0 aliphatic carbocycles. The van der Waals surface area contributed by atoms with E-state index in [1.54, 1.807) is 6.92 Å². The summed E-state index contributed by atoms with van der Waals surface area (Å²) in [4.78, 5) is 13.6. The van der Waals surface area contributed by atoms with Gasteiger partial charge in [-0.05, 0) is 44.0 Å². The Kier molecular flexibility index (Phi) is 5.85. The first-order valence-electron chi connectivity index (χ1n) is 7.81. The van der Waals surface area contributed by atoms with Gasteiger partial charge in [-0.3, -0.25) is 4.79 Å². The molecule has 0 radical (unpaired) electrons. The topological polar surface area (TPSA) is 101 Å². The van der Waals surface area contributed by atoms with Gasteiger partial charge in [-0.2, -0.15) is 0 Å². The van der Waals surface area contributed by atoms with Crippen molar-refractivity contribution in [2.24, 2.45) is 0 Å². The minimum absolute atomic E-state index is 0.0297. The molecule has 0 aromatic heterocycles. The number of halogens is 1. The summed E-state index contributed by atoms with van der Waals surface area (Å²) in [5, 5.41) is 0. The number of hydrogen-bond donors (Lipinski definition) is 1. The molecule has 1 aromatic carbocycles. The van der Waals surface area contributed by atoms with Gasteiger partial charge in [-0.25, -0.2) is 25.9 Å². The number of nitrogens with one attached hydrogen (secondary N) is 1. The van der Waals surface area contributed by atoms with Crippen molar-refractivity contribution in [3.63, 3.8) is 0 Å². The van der Waals surface area contributed by atoms with Crippen LogP contribution in [0.4, 0.5) is 4.39 Å². The second-order valence-corrected chi connectivity index (χ2v) is 9.94. The Morgan fingerprint density at radius 2 is 2.08 bits per heavy atom. The Bertz CT molecular complexity index is 868. The average Bonchev–Trinajstić information content (AvgIpc) is 2.85. The van der Waals surface area contributed by atoms with Gasteiger partial charge in [0.15, 0.2) is 9.84 Å². The van der Waals surface area contributed by atoms with Crippen molar-refractivity contribution < 1.29 is 26.0 Å². The number of carbonyl (C=O) groups is 1. The highest BCUT2D eigenvalue weighted by Crippen LogP contribution is 2.18. The van der Waals surface area contributed by atoms with Crippen molar-refractivity contribution in [2.45, 2.75) is 31.2 Å². The van der Waals surface area contributed by atoms with Crippen LogP contribution in [-0.4, -0.2) is 58.3 Å². The third-order valence-corrected chi connectivity index (χ3v) is 7.46. The lowest BCUT2D eigenvalue weighted by Crippen LogP contribution is -2.46. The molecule has 0 bridgehead atoms. The molecule has 0 spiro atoms. The van der Waals surface area contributed by atoms with Crippen molar-refractivity contribution in [2.75, 3.05) is 24.6 Å². The molecular weight excluding hydrogens is 371 g/mol. The van der Waals surface area contributed by atoms with E-state index < -0.39 is 44.2 Å². The highest BCUT2D eigenvalue weighted by atomic mass is 32.2. The van der Waals surface area contributed by atoms with Crippen molar-refractivity contribution >= 4 is 25.8 Å². The van der Waals surface area contributed by atoms with Crippen LogP contribution in [-0.2, 0) is 24.7 Å². The third-order valence-electron chi connectivity index (χ3n) is 4.15. The predicted octanol–water partition coefficient (Wildman–Crippen LogP) is 0.448. The molecule has 2 rings (SSSR count). The molecule has 0 saturated carbocycles. The number of amides is 1. The van der Waals surface area contributed by atoms with Gasteiger partial charge in [0, 0.05) is 12.6 Å². The summed E-state index contributed by atoms with van der Waals surface area (Å²) in [5.41, 5.74) is 0.231. The molecule has 1 N–H and O–H groups in total. The Labute approximate surface area is 147 Å². The normalized spacial score (nSPS) is 19.7. The van der Waals surface area contributed by atoms with Crippen LogP contribution in [0.5, 0.6) is 0 Å². The van der Waals surface area contributed by atoms with E-state index in [1.807, 2.05) is 0 Å². The highest BCUT2D eigenvalue weighted by molar-refractivity contribution is 7.91. The van der Waals surface area contributed by atoms with E-state index in [4.69, 9.17) is 0 Å². The fourth-order valence-corrected chi connectivity index (χ4v) is 5.84. The molecule has 1 saturated heterocycles. The van der Waals surface area contributed by atoms with Crippen molar-refractivity contribution in [3.8, 4) is 0 Å². The first-order valence-corrected chi connectivity index (χ1v) is 11.1. The highest BCUT2D eigenvalue weighted by Gasteiger charge is 2.34. The molecule has 1 aromatic rings. The first-order chi connectivity index (χ1) is 11.6. The number of benzene rings is 1. The lowest BCUT2D eigenvalue weighted by Gasteiger charge is -2.27. The van der Waals surface area contributed by atoms with Gasteiger partial charge in [0.1, 0.15) is 5.82 Å². The predicted molar refractivity (Wildman–Crippen MR) is 90.8 cm³/mol. The maximum absolute atomic E-state index is 13.1. The largest absolute Gasteiger partial charge is 0.338 e. The van der Waals surface area contributed by atoms with Crippen LogP contribution in [0.1, 0.15) is 18.9 Å². The number of nitrogens with zero attached hydrogens (tertiary/aromatic N) is 1. The summed E-state index contributed by atoms with van der Waals surface area (Å²) in [6.07, 6.45) is 0.353. The van der Waals surface area contributed by atoms with Crippen LogP contribution in [0.2, 0.25) is 0 Å². The lowest BCUT2D eigenvalue weighted by atomic mass is 10.2. The SMILES string of the molecule is CCN(C(=O)CNS(=O)(=O)c1ccc(F)cc1C)C1CCS(=O)(=O)C1. The Morgan fingerprint density at radius 3 is 2.60 bits per heavy atom. The number of rotatable bonds is 6. The van der Waals surface area contributed by atoms with Crippen LogP contribution in [0.3, 0.4) is 0 Å². The number of likely N-dealkylation sites (N-methyl/N-ethyl adjacent to an activating group) is 1. The summed E-state index contributed by atoms with van der Waals surface area (Å²) >= 11 is 0. The van der Waals surface area contributed by atoms with Gasteiger partial charge in [0.25, 0.3) is 0 Å². The molecule has 1 heterocycles. The molecule has 1 amide bonds. The van der Waals surface area contributed by atoms with Crippen LogP contribution in [0.15, 0.2) is 23.1 Å². The zero-order valence-corrected chi connectivity index (χ0v) is 15.7. The van der Waals surface area contributed by atoms with Gasteiger partial charge >= 0.3 is 0 Å².